The summed E-state index contributed by atoms with van der Waals surface area (Å²) in [6.07, 6.45) is -1.39. The fraction of sp³-hybridized carbons (Fsp3) is 0.143. The molecule has 0 aliphatic heterocycles. The lowest BCUT2D eigenvalue weighted by molar-refractivity contribution is -0.159. The van der Waals surface area contributed by atoms with Crippen LogP contribution in [0.25, 0.3) is 17.1 Å². The van der Waals surface area contributed by atoms with Crippen molar-refractivity contribution in [1.82, 2.24) is 25.0 Å². The van der Waals surface area contributed by atoms with E-state index in [0.717, 1.165) is 0 Å². The van der Waals surface area contributed by atoms with Gasteiger partial charge in [-0.1, -0.05) is 5.16 Å². The van der Waals surface area contributed by atoms with Gasteiger partial charge < -0.3 is 19.1 Å². The molecule has 0 atom stereocenters. The molecule has 0 fully saturated rings. The minimum atomic E-state index is -4.69. The molecule has 1 N–H and O–H groups in total. The number of nitrogens with one attached hydrogen (secondary N) is 1. The maximum Gasteiger partial charge on any atom is 0.471 e. The summed E-state index contributed by atoms with van der Waals surface area (Å²) in [6, 6.07) is 13.2. The number of methoxy groups -OCH3 is 1. The first-order chi connectivity index (χ1) is 15.3. The SMILES string of the molecule is COc1ccc(C(=O)NCc2cn(-c3ccc(-c4noc(C(F)(F)F)n4)cc3)cn2)cc1. The van der Waals surface area contributed by atoms with Gasteiger partial charge in [0, 0.05) is 23.0 Å². The molecule has 0 spiro atoms. The van der Waals surface area contributed by atoms with Gasteiger partial charge in [0.05, 0.1) is 25.7 Å². The molecule has 8 nitrogen and oxygen atoms in total. The molecule has 4 aromatic rings. The first-order valence-electron chi connectivity index (χ1n) is 9.30. The zero-order valence-electron chi connectivity index (χ0n) is 16.6. The van der Waals surface area contributed by atoms with Gasteiger partial charge in [-0.05, 0) is 48.5 Å². The van der Waals surface area contributed by atoms with Crippen molar-refractivity contribution >= 4 is 5.91 Å². The molecule has 11 heteroatoms. The minimum absolute atomic E-state index is 0.156. The summed E-state index contributed by atoms with van der Waals surface area (Å²) >= 11 is 0. The Hall–Kier alpha value is -4.15. The van der Waals surface area contributed by atoms with Crippen LogP contribution in [0.3, 0.4) is 0 Å². The van der Waals surface area contributed by atoms with E-state index in [-0.39, 0.29) is 18.3 Å². The molecule has 0 unspecified atom stereocenters. The first kappa shape index (κ1) is 21.1. The molecular formula is C21H16F3N5O3. The van der Waals surface area contributed by atoms with Crippen LogP contribution in [0, 0.1) is 0 Å². The highest BCUT2D eigenvalue weighted by Gasteiger charge is 2.38. The number of amides is 1. The van der Waals surface area contributed by atoms with Gasteiger partial charge in [0.2, 0.25) is 5.82 Å². The van der Waals surface area contributed by atoms with E-state index in [1.54, 1.807) is 72.7 Å². The van der Waals surface area contributed by atoms with Crippen LogP contribution in [0.2, 0.25) is 0 Å². The van der Waals surface area contributed by atoms with E-state index in [1.807, 2.05) is 0 Å². The van der Waals surface area contributed by atoms with Crippen molar-refractivity contribution in [3.05, 3.63) is 78.2 Å². The van der Waals surface area contributed by atoms with Crippen molar-refractivity contribution in [2.75, 3.05) is 7.11 Å². The van der Waals surface area contributed by atoms with Crippen molar-refractivity contribution in [2.24, 2.45) is 0 Å². The summed E-state index contributed by atoms with van der Waals surface area (Å²) in [5.41, 5.74) is 2.22. The lowest BCUT2D eigenvalue weighted by atomic mass is 10.2. The van der Waals surface area contributed by atoms with Gasteiger partial charge in [-0.25, -0.2) is 4.98 Å². The van der Waals surface area contributed by atoms with E-state index >= 15 is 0 Å². The number of hydrogen-bond donors (Lipinski definition) is 1. The molecule has 164 valence electrons. The van der Waals surface area contributed by atoms with E-state index in [0.29, 0.717) is 28.3 Å². The molecule has 0 aliphatic rings. The highest BCUT2D eigenvalue weighted by atomic mass is 19.4. The predicted octanol–water partition coefficient (Wildman–Crippen LogP) is 3.88. The summed E-state index contributed by atoms with van der Waals surface area (Å²) in [7, 11) is 1.55. The zero-order chi connectivity index (χ0) is 22.7. The molecule has 2 aromatic heterocycles. The third-order valence-corrected chi connectivity index (χ3v) is 4.51. The smallest absolute Gasteiger partial charge is 0.471 e. The van der Waals surface area contributed by atoms with Gasteiger partial charge >= 0.3 is 12.1 Å². The van der Waals surface area contributed by atoms with Crippen LogP contribution in [-0.4, -0.2) is 32.7 Å². The van der Waals surface area contributed by atoms with Gasteiger partial charge in [0.1, 0.15) is 5.75 Å². The Morgan fingerprint density at radius 2 is 1.84 bits per heavy atom. The van der Waals surface area contributed by atoms with Crippen LogP contribution in [-0.2, 0) is 12.7 Å². The summed E-state index contributed by atoms with van der Waals surface area (Å²) in [4.78, 5) is 19.9. The molecule has 0 radical (unpaired) electrons. The Morgan fingerprint density at radius 3 is 2.47 bits per heavy atom. The quantitative estimate of drug-likeness (QED) is 0.486. The molecule has 0 saturated heterocycles. The Kier molecular flexibility index (Phi) is 5.63. The number of aromatic nitrogens is 4. The standard InChI is InChI=1S/C21H16F3N5O3/c1-31-17-8-4-14(5-9-17)19(30)25-10-15-11-29(12-26-15)16-6-2-13(3-7-16)18-27-20(32-28-18)21(22,23)24/h2-9,11-12H,10H2,1H3,(H,25,30). The molecule has 0 bridgehead atoms. The second kappa shape index (κ2) is 8.53. The second-order valence-corrected chi connectivity index (χ2v) is 6.65. The second-order valence-electron chi connectivity index (χ2n) is 6.65. The van der Waals surface area contributed by atoms with Crippen LogP contribution in [0.4, 0.5) is 13.2 Å². The first-order valence-corrected chi connectivity index (χ1v) is 9.30. The summed E-state index contributed by atoms with van der Waals surface area (Å²) in [5, 5.41) is 6.15. The largest absolute Gasteiger partial charge is 0.497 e. The maximum atomic E-state index is 12.6. The van der Waals surface area contributed by atoms with Gasteiger partial charge in [-0.2, -0.15) is 18.2 Å². The number of carbonyl (C=O) groups excluding carboxylic acids is 1. The molecule has 0 saturated carbocycles. The Bertz CT molecular complexity index is 1210. The number of nitrogens with zero attached hydrogens (tertiary/aromatic N) is 4. The topological polar surface area (TPSA) is 95.1 Å². The normalized spacial score (nSPS) is 11.4. The third-order valence-electron chi connectivity index (χ3n) is 4.51. The number of carbonyl (C=O) groups is 1. The number of alkyl halides is 3. The predicted molar refractivity (Wildman–Crippen MR) is 106 cm³/mol. The van der Waals surface area contributed by atoms with Crippen molar-refractivity contribution in [3.63, 3.8) is 0 Å². The Labute approximate surface area is 179 Å². The van der Waals surface area contributed by atoms with Gasteiger partial charge in [-0.3, -0.25) is 4.79 Å². The van der Waals surface area contributed by atoms with Gasteiger partial charge in [0.25, 0.3) is 5.91 Å². The molecule has 1 amide bonds. The van der Waals surface area contributed by atoms with Gasteiger partial charge in [-0.15, -0.1) is 0 Å². The third kappa shape index (κ3) is 4.61. The fourth-order valence-electron chi connectivity index (χ4n) is 2.85. The molecule has 0 aliphatic carbocycles. The molecular weight excluding hydrogens is 427 g/mol. The number of rotatable bonds is 6. The van der Waals surface area contributed by atoms with E-state index in [1.165, 1.54) is 0 Å². The maximum absolute atomic E-state index is 12.6. The Morgan fingerprint density at radius 1 is 1.12 bits per heavy atom. The lowest BCUT2D eigenvalue weighted by Crippen LogP contribution is -2.22. The van der Waals surface area contributed by atoms with Gasteiger partial charge in [0.15, 0.2) is 0 Å². The summed E-state index contributed by atoms with van der Waals surface area (Å²) in [6.45, 7) is 0.221. The molecule has 4 rings (SSSR count). The average Bonchev–Trinajstić information content (AvgIpc) is 3.48. The number of halogens is 3. The Balaban J connectivity index is 1.39. The van der Waals surface area contributed by atoms with Crippen LogP contribution in [0.5, 0.6) is 5.75 Å². The summed E-state index contributed by atoms with van der Waals surface area (Å²) in [5.74, 6) is -1.14. The van der Waals surface area contributed by atoms with E-state index in [2.05, 4.69) is 25.0 Å². The zero-order valence-corrected chi connectivity index (χ0v) is 16.6. The molecule has 32 heavy (non-hydrogen) atoms. The monoisotopic (exact) mass is 443 g/mol. The average molecular weight is 443 g/mol. The molecule has 2 heterocycles. The van der Waals surface area contributed by atoms with Crippen molar-refractivity contribution in [3.8, 4) is 22.8 Å². The molecule has 2 aromatic carbocycles. The number of ether oxygens (including phenoxy) is 1. The van der Waals surface area contributed by atoms with Crippen LogP contribution < -0.4 is 10.1 Å². The minimum Gasteiger partial charge on any atom is -0.497 e. The number of imidazole rings is 1. The summed E-state index contributed by atoms with van der Waals surface area (Å²) < 4.78 is 48.9. The number of hydrogen-bond acceptors (Lipinski definition) is 6. The van der Waals surface area contributed by atoms with Crippen LogP contribution in [0.15, 0.2) is 65.6 Å². The van der Waals surface area contributed by atoms with Crippen LogP contribution in [0.1, 0.15) is 21.9 Å². The van der Waals surface area contributed by atoms with Crippen molar-refractivity contribution in [1.29, 1.82) is 0 Å². The fourth-order valence-corrected chi connectivity index (χ4v) is 2.85. The van der Waals surface area contributed by atoms with E-state index in [4.69, 9.17) is 4.74 Å². The van der Waals surface area contributed by atoms with Crippen molar-refractivity contribution < 1.29 is 27.2 Å². The van der Waals surface area contributed by atoms with E-state index in [9.17, 15) is 18.0 Å². The lowest BCUT2D eigenvalue weighted by Gasteiger charge is -2.05. The number of benzene rings is 2. The highest BCUT2D eigenvalue weighted by molar-refractivity contribution is 5.94. The van der Waals surface area contributed by atoms with Crippen LogP contribution >= 0.6 is 0 Å². The van der Waals surface area contributed by atoms with Crippen molar-refractivity contribution in [2.45, 2.75) is 12.7 Å². The highest BCUT2D eigenvalue weighted by Crippen LogP contribution is 2.29. The van der Waals surface area contributed by atoms with E-state index < -0.39 is 12.1 Å².